The Morgan fingerprint density at radius 1 is 1.23 bits per heavy atom. The number of hydrogen-bond acceptors (Lipinski definition) is 6. The summed E-state index contributed by atoms with van der Waals surface area (Å²) < 4.78 is 15.2. The van der Waals surface area contributed by atoms with Gasteiger partial charge in [-0.3, -0.25) is 9.59 Å². The van der Waals surface area contributed by atoms with Gasteiger partial charge in [0.1, 0.15) is 17.6 Å². The van der Waals surface area contributed by atoms with Crippen molar-refractivity contribution in [2.45, 2.75) is 6.92 Å². The first-order valence-corrected chi connectivity index (χ1v) is 6.38. The lowest BCUT2D eigenvalue weighted by molar-refractivity contribution is -0.112. The van der Waals surface area contributed by atoms with Gasteiger partial charge in [-0.2, -0.15) is 0 Å². The van der Waals surface area contributed by atoms with E-state index >= 15 is 0 Å². The molecule has 1 heterocycles. The predicted octanol–water partition coefficient (Wildman–Crippen LogP) is 2.19. The standard InChI is InChI=1S/C16H14O6/c1-9(17)4-5-10-8-22-13-7-11(20-2)6-12(16(19)21-3)14(13)15(10)18/h4-8H,1-3H3. The van der Waals surface area contributed by atoms with Crippen LogP contribution in [0.1, 0.15) is 22.8 Å². The molecule has 0 aliphatic heterocycles. The van der Waals surface area contributed by atoms with Gasteiger partial charge in [0.2, 0.25) is 5.43 Å². The number of carbonyl (C=O) groups is 2. The minimum atomic E-state index is -0.677. The molecule has 6 nitrogen and oxygen atoms in total. The van der Waals surface area contributed by atoms with Crippen LogP contribution in [0.4, 0.5) is 0 Å². The van der Waals surface area contributed by atoms with Crippen molar-refractivity contribution >= 4 is 28.8 Å². The summed E-state index contributed by atoms with van der Waals surface area (Å²) in [4.78, 5) is 35.4. The summed E-state index contributed by atoms with van der Waals surface area (Å²) in [6.07, 6.45) is 3.82. The van der Waals surface area contributed by atoms with E-state index in [1.807, 2.05) is 0 Å². The summed E-state index contributed by atoms with van der Waals surface area (Å²) in [6, 6.07) is 2.91. The van der Waals surface area contributed by atoms with Crippen LogP contribution in [-0.2, 0) is 9.53 Å². The molecule has 0 radical (unpaired) electrons. The summed E-state index contributed by atoms with van der Waals surface area (Å²) in [5.74, 6) is -0.519. The maximum atomic E-state index is 12.5. The third-order valence-corrected chi connectivity index (χ3v) is 3.02. The topological polar surface area (TPSA) is 82.8 Å². The average molecular weight is 302 g/mol. The summed E-state index contributed by atoms with van der Waals surface area (Å²) in [7, 11) is 2.65. The highest BCUT2D eigenvalue weighted by Gasteiger charge is 2.18. The minimum absolute atomic E-state index is 0.0451. The third-order valence-electron chi connectivity index (χ3n) is 3.02. The molecular weight excluding hydrogens is 288 g/mol. The molecule has 2 aromatic rings. The van der Waals surface area contributed by atoms with Crippen LogP contribution >= 0.6 is 0 Å². The number of benzene rings is 1. The van der Waals surface area contributed by atoms with Crippen molar-refractivity contribution in [2.75, 3.05) is 14.2 Å². The number of rotatable bonds is 4. The molecule has 1 aromatic heterocycles. The van der Waals surface area contributed by atoms with Crippen molar-refractivity contribution in [3.63, 3.8) is 0 Å². The van der Waals surface area contributed by atoms with Crippen molar-refractivity contribution in [1.82, 2.24) is 0 Å². The van der Waals surface area contributed by atoms with Crippen LogP contribution in [0.25, 0.3) is 17.0 Å². The lowest BCUT2D eigenvalue weighted by atomic mass is 10.1. The molecule has 6 heteroatoms. The molecule has 0 aliphatic rings. The maximum absolute atomic E-state index is 12.5. The van der Waals surface area contributed by atoms with Gasteiger partial charge in [0.05, 0.1) is 30.7 Å². The van der Waals surface area contributed by atoms with E-state index in [0.717, 1.165) is 0 Å². The predicted molar refractivity (Wildman–Crippen MR) is 80.1 cm³/mol. The molecule has 0 N–H and O–H groups in total. The number of ketones is 1. The number of hydrogen-bond donors (Lipinski definition) is 0. The zero-order valence-electron chi connectivity index (χ0n) is 12.3. The Morgan fingerprint density at radius 2 is 1.95 bits per heavy atom. The Bertz CT molecular complexity index is 828. The molecule has 0 amide bonds. The molecule has 0 fully saturated rings. The lowest BCUT2D eigenvalue weighted by Crippen LogP contribution is -2.12. The average Bonchev–Trinajstić information content (AvgIpc) is 2.52. The van der Waals surface area contributed by atoms with Gasteiger partial charge in [0, 0.05) is 6.07 Å². The van der Waals surface area contributed by atoms with Crippen molar-refractivity contribution in [1.29, 1.82) is 0 Å². The fraction of sp³-hybridized carbons (Fsp3) is 0.188. The van der Waals surface area contributed by atoms with E-state index in [-0.39, 0.29) is 27.9 Å². The van der Waals surface area contributed by atoms with E-state index in [1.165, 1.54) is 51.7 Å². The van der Waals surface area contributed by atoms with Crippen LogP contribution in [0.15, 0.2) is 33.7 Å². The van der Waals surface area contributed by atoms with Crippen LogP contribution in [0.2, 0.25) is 0 Å². The largest absolute Gasteiger partial charge is 0.497 e. The van der Waals surface area contributed by atoms with Crippen LogP contribution in [0.5, 0.6) is 5.75 Å². The highest BCUT2D eigenvalue weighted by atomic mass is 16.5. The Hall–Kier alpha value is -2.89. The summed E-state index contributed by atoms with van der Waals surface area (Å²) in [5, 5.41) is 0.0818. The molecule has 0 spiro atoms. The SMILES string of the molecule is COC(=O)c1cc(OC)cc2occ(C=CC(C)=O)c(=O)c12. The van der Waals surface area contributed by atoms with Gasteiger partial charge >= 0.3 is 5.97 Å². The molecule has 0 bridgehead atoms. The first-order valence-electron chi connectivity index (χ1n) is 6.38. The molecule has 22 heavy (non-hydrogen) atoms. The van der Waals surface area contributed by atoms with Crippen LogP contribution < -0.4 is 10.2 Å². The van der Waals surface area contributed by atoms with Gasteiger partial charge in [0.15, 0.2) is 5.78 Å². The van der Waals surface area contributed by atoms with E-state index in [0.29, 0.717) is 5.75 Å². The maximum Gasteiger partial charge on any atom is 0.338 e. The number of methoxy groups -OCH3 is 2. The van der Waals surface area contributed by atoms with Crippen molar-refractivity contribution < 1.29 is 23.5 Å². The molecule has 114 valence electrons. The quantitative estimate of drug-likeness (QED) is 0.636. The number of allylic oxidation sites excluding steroid dienone is 1. The molecule has 0 unspecified atom stereocenters. The van der Waals surface area contributed by atoms with E-state index in [4.69, 9.17) is 9.15 Å². The number of ether oxygens (including phenoxy) is 2. The summed E-state index contributed by atoms with van der Waals surface area (Å²) >= 11 is 0. The van der Waals surface area contributed by atoms with E-state index in [2.05, 4.69) is 4.74 Å². The van der Waals surface area contributed by atoms with Gasteiger partial charge < -0.3 is 13.9 Å². The van der Waals surface area contributed by atoms with Crippen LogP contribution in [0, 0.1) is 0 Å². The Kier molecular flexibility index (Phi) is 4.41. The Balaban J connectivity index is 2.79. The second-order valence-corrected chi connectivity index (χ2v) is 4.50. The second-order valence-electron chi connectivity index (χ2n) is 4.50. The van der Waals surface area contributed by atoms with Crippen molar-refractivity contribution in [3.8, 4) is 5.75 Å². The van der Waals surface area contributed by atoms with Gasteiger partial charge in [0.25, 0.3) is 0 Å². The Morgan fingerprint density at radius 3 is 2.55 bits per heavy atom. The second kappa shape index (κ2) is 6.26. The molecule has 1 aromatic carbocycles. The summed E-state index contributed by atoms with van der Waals surface area (Å²) in [6.45, 7) is 1.36. The van der Waals surface area contributed by atoms with Gasteiger partial charge in [-0.1, -0.05) is 0 Å². The molecule has 0 atom stereocenters. The number of carbonyl (C=O) groups excluding carboxylic acids is 2. The molecule has 0 aliphatic carbocycles. The lowest BCUT2D eigenvalue weighted by Gasteiger charge is -2.07. The zero-order chi connectivity index (χ0) is 16.3. The van der Waals surface area contributed by atoms with Crippen molar-refractivity contribution in [2.24, 2.45) is 0 Å². The normalized spacial score (nSPS) is 10.9. The van der Waals surface area contributed by atoms with E-state index < -0.39 is 11.4 Å². The van der Waals surface area contributed by atoms with Crippen LogP contribution in [-0.4, -0.2) is 26.0 Å². The Labute approximate surface area is 125 Å². The molecule has 2 rings (SSSR count). The number of fused-ring (bicyclic) bond motifs is 1. The first-order chi connectivity index (χ1) is 10.5. The minimum Gasteiger partial charge on any atom is -0.497 e. The van der Waals surface area contributed by atoms with Gasteiger partial charge in [-0.15, -0.1) is 0 Å². The monoisotopic (exact) mass is 302 g/mol. The molecular formula is C16H14O6. The van der Waals surface area contributed by atoms with E-state index in [1.54, 1.807) is 0 Å². The third kappa shape index (κ3) is 2.90. The molecule has 0 saturated heterocycles. The van der Waals surface area contributed by atoms with Gasteiger partial charge in [-0.05, 0) is 25.1 Å². The van der Waals surface area contributed by atoms with Crippen molar-refractivity contribution in [3.05, 3.63) is 45.8 Å². The highest BCUT2D eigenvalue weighted by molar-refractivity contribution is 6.04. The fourth-order valence-electron chi connectivity index (χ4n) is 1.95. The smallest absolute Gasteiger partial charge is 0.338 e. The van der Waals surface area contributed by atoms with E-state index in [9.17, 15) is 14.4 Å². The van der Waals surface area contributed by atoms with Gasteiger partial charge in [-0.25, -0.2) is 4.79 Å². The molecule has 0 saturated carbocycles. The first kappa shape index (κ1) is 15.5. The zero-order valence-corrected chi connectivity index (χ0v) is 12.3. The van der Waals surface area contributed by atoms with Crippen LogP contribution in [0.3, 0.4) is 0 Å². The summed E-state index contributed by atoms with van der Waals surface area (Å²) in [5.41, 5.74) is -0.0202. The highest BCUT2D eigenvalue weighted by Crippen LogP contribution is 2.24. The number of esters is 1. The fourth-order valence-corrected chi connectivity index (χ4v) is 1.95.